The second kappa shape index (κ2) is 7.31. The molecule has 0 saturated carbocycles. The van der Waals surface area contributed by atoms with Crippen LogP contribution in [-0.2, 0) is 4.79 Å². The van der Waals surface area contributed by atoms with Gasteiger partial charge in [0.15, 0.2) is 6.61 Å². The minimum Gasteiger partial charge on any atom is -0.497 e. The van der Waals surface area contributed by atoms with Crippen LogP contribution in [0.15, 0.2) is 18.2 Å². The summed E-state index contributed by atoms with van der Waals surface area (Å²) >= 11 is 0. The number of hydrogen-bond acceptors (Lipinski definition) is 4. The summed E-state index contributed by atoms with van der Waals surface area (Å²) in [4.78, 5) is 11.9. The number of ether oxygens (including phenoxy) is 2. The number of carbonyl (C=O) groups is 1. The van der Waals surface area contributed by atoms with Crippen LogP contribution >= 0.6 is 0 Å². The third-order valence-corrected chi connectivity index (χ3v) is 3.43. The fourth-order valence-electron chi connectivity index (χ4n) is 1.79. The van der Waals surface area contributed by atoms with Crippen molar-refractivity contribution in [3.63, 3.8) is 0 Å². The normalized spacial score (nSPS) is 12.7. The van der Waals surface area contributed by atoms with Gasteiger partial charge in [-0.3, -0.25) is 4.79 Å². The number of methoxy groups -OCH3 is 1. The monoisotopic (exact) mass is 294 g/mol. The number of amides is 1. The highest BCUT2D eigenvalue weighted by atomic mass is 16.5. The number of hydrogen-bond donors (Lipinski definition) is 2. The molecular weight excluding hydrogens is 268 g/mol. The summed E-state index contributed by atoms with van der Waals surface area (Å²) in [6, 6.07) is 5.25. The summed E-state index contributed by atoms with van der Waals surface area (Å²) < 4.78 is 10.8. The third kappa shape index (κ3) is 5.27. The molecule has 3 N–H and O–H groups in total. The van der Waals surface area contributed by atoms with E-state index in [4.69, 9.17) is 15.2 Å². The van der Waals surface area contributed by atoms with Gasteiger partial charge in [0, 0.05) is 23.2 Å². The van der Waals surface area contributed by atoms with Crippen molar-refractivity contribution in [2.45, 2.75) is 45.7 Å². The minimum atomic E-state index is -0.237. The van der Waals surface area contributed by atoms with Crippen LogP contribution in [0.3, 0.4) is 0 Å². The van der Waals surface area contributed by atoms with Crippen LogP contribution in [0.4, 0.5) is 0 Å². The smallest absolute Gasteiger partial charge is 0.258 e. The Morgan fingerprint density at radius 3 is 2.62 bits per heavy atom. The molecule has 1 aromatic carbocycles. The van der Waals surface area contributed by atoms with Crippen molar-refractivity contribution in [1.29, 1.82) is 0 Å². The van der Waals surface area contributed by atoms with Gasteiger partial charge in [-0.05, 0) is 33.3 Å². The summed E-state index contributed by atoms with van der Waals surface area (Å²) in [5, 5.41) is 2.93. The van der Waals surface area contributed by atoms with Gasteiger partial charge in [-0.25, -0.2) is 0 Å². The molecule has 21 heavy (non-hydrogen) atoms. The topological polar surface area (TPSA) is 73.6 Å². The average Bonchev–Trinajstić information content (AvgIpc) is 2.44. The number of rotatable bonds is 7. The molecular formula is C16H26N2O3. The Hall–Kier alpha value is -1.75. The Balaban J connectivity index is 2.76. The molecule has 1 atom stereocenters. The Kier molecular flexibility index (Phi) is 6.03. The van der Waals surface area contributed by atoms with Crippen LogP contribution in [0.5, 0.6) is 11.5 Å². The van der Waals surface area contributed by atoms with Crippen molar-refractivity contribution in [3.8, 4) is 11.5 Å². The second-order valence-corrected chi connectivity index (χ2v) is 5.77. The molecule has 0 aliphatic rings. The van der Waals surface area contributed by atoms with Crippen LogP contribution < -0.4 is 20.5 Å². The van der Waals surface area contributed by atoms with Crippen LogP contribution in [0.1, 0.15) is 45.7 Å². The summed E-state index contributed by atoms with van der Waals surface area (Å²) in [6.45, 7) is 7.80. The predicted molar refractivity (Wildman–Crippen MR) is 83.6 cm³/mol. The first-order valence-corrected chi connectivity index (χ1v) is 7.16. The van der Waals surface area contributed by atoms with Gasteiger partial charge in [0.25, 0.3) is 5.91 Å². The van der Waals surface area contributed by atoms with E-state index in [1.165, 1.54) is 0 Å². The number of carbonyl (C=O) groups excluding carboxylic acids is 1. The van der Waals surface area contributed by atoms with Gasteiger partial charge >= 0.3 is 0 Å². The fraction of sp³-hybridized carbons (Fsp3) is 0.562. The molecule has 1 aromatic rings. The molecule has 0 saturated heterocycles. The zero-order valence-electron chi connectivity index (χ0n) is 13.5. The SMILES string of the molecule is CCC(C)(C)NC(=O)COc1cc(OC)ccc1[C@H](C)N. The van der Waals surface area contributed by atoms with Crippen molar-refractivity contribution in [3.05, 3.63) is 23.8 Å². The summed E-state index contributed by atoms with van der Waals surface area (Å²) in [5.41, 5.74) is 6.52. The maximum atomic E-state index is 11.9. The first-order valence-electron chi connectivity index (χ1n) is 7.16. The van der Waals surface area contributed by atoms with E-state index in [1.54, 1.807) is 13.2 Å². The number of nitrogens with two attached hydrogens (primary N) is 1. The maximum Gasteiger partial charge on any atom is 0.258 e. The Morgan fingerprint density at radius 1 is 1.43 bits per heavy atom. The first kappa shape index (κ1) is 17.3. The van der Waals surface area contributed by atoms with Crippen molar-refractivity contribution in [1.82, 2.24) is 5.32 Å². The van der Waals surface area contributed by atoms with Gasteiger partial charge in [0.2, 0.25) is 0 Å². The molecule has 0 aliphatic heterocycles. The standard InChI is InChI=1S/C16H26N2O3/c1-6-16(3,4)18-15(19)10-21-14-9-12(20-5)7-8-13(14)11(2)17/h7-9,11H,6,10,17H2,1-5H3,(H,18,19)/t11-/m0/s1. The summed E-state index contributed by atoms with van der Waals surface area (Å²) in [5.74, 6) is 1.10. The molecule has 1 amide bonds. The molecule has 0 fully saturated rings. The highest BCUT2D eigenvalue weighted by molar-refractivity contribution is 5.78. The summed E-state index contributed by atoms with van der Waals surface area (Å²) in [7, 11) is 1.58. The van der Waals surface area contributed by atoms with Crippen molar-refractivity contribution in [2.75, 3.05) is 13.7 Å². The van der Waals surface area contributed by atoms with Crippen LogP contribution in [0, 0.1) is 0 Å². The summed E-state index contributed by atoms with van der Waals surface area (Å²) in [6.07, 6.45) is 0.850. The van der Waals surface area contributed by atoms with E-state index in [2.05, 4.69) is 5.32 Å². The van der Waals surface area contributed by atoms with E-state index in [-0.39, 0.29) is 24.1 Å². The largest absolute Gasteiger partial charge is 0.497 e. The van der Waals surface area contributed by atoms with Gasteiger partial charge in [0.05, 0.1) is 7.11 Å². The van der Waals surface area contributed by atoms with E-state index in [0.717, 1.165) is 12.0 Å². The van der Waals surface area contributed by atoms with Crippen LogP contribution in [-0.4, -0.2) is 25.2 Å². The lowest BCUT2D eigenvalue weighted by Crippen LogP contribution is -2.44. The molecule has 1 rings (SSSR count). The molecule has 118 valence electrons. The van der Waals surface area contributed by atoms with Crippen molar-refractivity contribution >= 4 is 5.91 Å². The minimum absolute atomic E-state index is 0.0453. The van der Waals surface area contributed by atoms with E-state index in [9.17, 15) is 4.79 Å². The zero-order chi connectivity index (χ0) is 16.0. The lowest BCUT2D eigenvalue weighted by atomic mass is 10.0. The maximum absolute atomic E-state index is 11.9. The highest BCUT2D eigenvalue weighted by Gasteiger charge is 2.18. The quantitative estimate of drug-likeness (QED) is 0.810. The average molecular weight is 294 g/mol. The second-order valence-electron chi connectivity index (χ2n) is 5.77. The molecule has 0 unspecified atom stereocenters. The van der Waals surface area contributed by atoms with Gasteiger partial charge in [-0.1, -0.05) is 13.0 Å². The Bertz CT molecular complexity index is 484. The number of nitrogens with one attached hydrogen (secondary N) is 1. The van der Waals surface area contributed by atoms with Crippen LogP contribution in [0.25, 0.3) is 0 Å². The highest BCUT2D eigenvalue weighted by Crippen LogP contribution is 2.28. The number of benzene rings is 1. The Labute approximate surface area is 126 Å². The lowest BCUT2D eigenvalue weighted by molar-refractivity contribution is -0.124. The van der Waals surface area contributed by atoms with E-state index < -0.39 is 0 Å². The predicted octanol–water partition coefficient (Wildman–Crippen LogP) is 2.40. The van der Waals surface area contributed by atoms with Gasteiger partial charge < -0.3 is 20.5 Å². The van der Waals surface area contributed by atoms with Gasteiger partial charge in [-0.15, -0.1) is 0 Å². The Morgan fingerprint density at radius 2 is 2.10 bits per heavy atom. The van der Waals surface area contributed by atoms with Gasteiger partial charge in [0.1, 0.15) is 11.5 Å². The van der Waals surface area contributed by atoms with E-state index in [0.29, 0.717) is 11.5 Å². The van der Waals surface area contributed by atoms with E-state index >= 15 is 0 Å². The molecule has 0 spiro atoms. The van der Waals surface area contributed by atoms with Crippen molar-refractivity contribution < 1.29 is 14.3 Å². The van der Waals surface area contributed by atoms with E-state index in [1.807, 2.05) is 39.8 Å². The molecule has 0 bridgehead atoms. The third-order valence-electron chi connectivity index (χ3n) is 3.43. The molecule has 0 radical (unpaired) electrons. The fourth-order valence-corrected chi connectivity index (χ4v) is 1.79. The van der Waals surface area contributed by atoms with Gasteiger partial charge in [-0.2, -0.15) is 0 Å². The zero-order valence-corrected chi connectivity index (χ0v) is 13.5. The first-order chi connectivity index (χ1) is 9.79. The molecule has 0 aliphatic carbocycles. The molecule has 0 aromatic heterocycles. The molecule has 0 heterocycles. The van der Waals surface area contributed by atoms with Crippen LogP contribution in [0.2, 0.25) is 0 Å². The molecule has 5 heteroatoms. The van der Waals surface area contributed by atoms with Crippen molar-refractivity contribution in [2.24, 2.45) is 5.73 Å². The molecule has 5 nitrogen and oxygen atoms in total. The lowest BCUT2D eigenvalue weighted by Gasteiger charge is -2.24.